The summed E-state index contributed by atoms with van der Waals surface area (Å²) in [4.78, 5) is 31.2. The minimum absolute atomic E-state index is 0.0526. The van der Waals surface area contributed by atoms with Gasteiger partial charge in [0.1, 0.15) is 0 Å². The number of nitro benzene ring substituents is 1. The summed E-state index contributed by atoms with van der Waals surface area (Å²) in [6.45, 7) is 5.69. The second-order valence-electron chi connectivity index (χ2n) is 8.80. The summed E-state index contributed by atoms with van der Waals surface area (Å²) in [6, 6.07) is 15.6. The standard InChI is InChI=1S/C24H28N4O4/c29-24(26-10-12-32-13-11-26)21-15-19-14-20(28(30)31)6-7-22(19)27-9-8-25(17-23(21)27)16-18-4-2-1-3-5-18/h1-7,14,21,23H,8-13,15-17H2/t21-,23+/m0/s1. The molecule has 3 aliphatic heterocycles. The molecular weight excluding hydrogens is 408 g/mol. The molecule has 168 valence electrons. The first-order valence-corrected chi connectivity index (χ1v) is 11.3. The summed E-state index contributed by atoms with van der Waals surface area (Å²) < 4.78 is 5.44. The van der Waals surface area contributed by atoms with Crippen molar-refractivity contribution in [1.82, 2.24) is 9.80 Å². The highest BCUT2D eigenvalue weighted by molar-refractivity contribution is 5.82. The Hall–Kier alpha value is -2.97. The quantitative estimate of drug-likeness (QED) is 0.541. The maximum atomic E-state index is 13.6. The molecule has 8 nitrogen and oxygen atoms in total. The van der Waals surface area contributed by atoms with Gasteiger partial charge in [0.05, 0.1) is 30.1 Å². The Morgan fingerprint density at radius 1 is 1.06 bits per heavy atom. The van der Waals surface area contributed by atoms with Gasteiger partial charge in [-0.3, -0.25) is 19.8 Å². The fourth-order valence-electron chi connectivity index (χ4n) is 5.27. The zero-order chi connectivity index (χ0) is 22.1. The van der Waals surface area contributed by atoms with Gasteiger partial charge < -0.3 is 14.5 Å². The van der Waals surface area contributed by atoms with Gasteiger partial charge in [-0.05, 0) is 23.6 Å². The number of carbonyl (C=O) groups excluding carboxylic acids is 1. The van der Waals surface area contributed by atoms with Crippen molar-refractivity contribution in [3.63, 3.8) is 0 Å². The number of ether oxygens (including phenoxy) is 1. The highest BCUT2D eigenvalue weighted by Gasteiger charge is 2.43. The highest BCUT2D eigenvalue weighted by Crippen LogP contribution is 2.38. The molecule has 0 saturated carbocycles. The van der Waals surface area contributed by atoms with Crippen molar-refractivity contribution < 1.29 is 14.5 Å². The molecule has 2 saturated heterocycles. The van der Waals surface area contributed by atoms with E-state index >= 15 is 0 Å². The fourth-order valence-corrected chi connectivity index (χ4v) is 5.27. The normalized spacial score (nSPS) is 23.4. The van der Waals surface area contributed by atoms with E-state index in [1.807, 2.05) is 17.0 Å². The number of amides is 1. The van der Waals surface area contributed by atoms with E-state index in [1.54, 1.807) is 12.1 Å². The Morgan fingerprint density at radius 3 is 2.59 bits per heavy atom. The van der Waals surface area contributed by atoms with Crippen LogP contribution in [0.15, 0.2) is 48.5 Å². The van der Waals surface area contributed by atoms with Gasteiger partial charge in [0.15, 0.2) is 0 Å². The zero-order valence-electron chi connectivity index (χ0n) is 18.1. The van der Waals surface area contributed by atoms with Gasteiger partial charge in [0, 0.05) is 57.1 Å². The smallest absolute Gasteiger partial charge is 0.269 e. The third kappa shape index (κ3) is 4.08. The second kappa shape index (κ2) is 8.88. The van der Waals surface area contributed by atoms with Crippen molar-refractivity contribution in [3.8, 4) is 0 Å². The Morgan fingerprint density at radius 2 is 1.84 bits per heavy atom. The third-order valence-electron chi connectivity index (χ3n) is 6.88. The lowest BCUT2D eigenvalue weighted by Gasteiger charge is -2.50. The van der Waals surface area contributed by atoms with Crippen LogP contribution in [0.5, 0.6) is 0 Å². The minimum Gasteiger partial charge on any atom is -0.378 e. The van der Waals surface area contributed by atoms with Gasteiger partial charge >= 0.3 is 0 Å². The van der Waals surface area contributed by atoms with Crippen LogP contribution in [0.2, 0.25) is 0 Å². The molecule has 1 amide bonds. The van der Waals surface area contributed by atoms with Crippen molar-refractivity contribution in [1.29, 1.82) is 0 Å². The van der Waals surface area contributed by atoms with Crippen molar-refractivity contribution in [2.24, 2.45) is 5.92 Å². The SMILES string of the molecule is O=C([C@H]1Cc2cc([N+](=O)[O-])ccc2N2CCN(Cc3ccccc3)C[C@H]12)N1CCOCC1. The summed E-state index contributed by atoms with van der Waals surface area (Å²) in [5.41, 5.74) is 3.29. The lowest BCUT2D eigenvalue weighted by atomic mass is 9.82. The lowest BCUT2D eigenvalue weighted by molar-refractivity contribution is -0.384. The van der Waals surface area contributed by atoms with Crippen molar-refractivity contribution in [2.45, 2.75) is 19.0 Å². The fraction of sp³-hybridized carbons (Fsp3) is 0.458. The molecule has 8 heteroatoms. The van der Waals surface area contributed by atoms with Crippen molar-refractivity contribution in [3.05, 3.63) is 69.8 Å². The number of nitrogens with zero attached hydrogens (tertiary/aromatic N) is 4. The molecule has 2 aromatic rings. The van der Waals surface area contributed by atoms with Gasteiger partial charge in [-0.25, -0.2) is 0 Å². The van der Waals surface area contributed by atoms with Gasteiger partial charge in [0.2, 0.25) is 5.91 Å². The number of morpholine rings is 1. The van der Waals surface area contributed by atoms with Crippen LogP contribution in [-0.2, 0) is 22.5 Å². The van der Waals surface area contributed by atoms with Crippen molar-refractivity contribution in [2.75, 3.05) is 50.8 Å². The van der Waals surface area contributed by atoms with Crippen LogP contribution in [0.4, 0.5) is 11.4 Å². The number of carbonyl (C=O) groups is 1. The van der Waals surface area contributed by atoms with Gasteiger partial charge in [0.25, 0.3) is 5.69 Å². The molecule has 2 fully saturated rings. The zero-order valence-corrected chi connectivity index (χ0v) is 18.1. The van der Waals surface area contributed by atoms with Crippen LogP contribution in [0.3, 0.4) is 0 Å². The van der Waals surface area contributed by atoms with Crippen LogP contribution < -0.4 is 4.90 Å². The summed E-state index contributed by atoms with van der Waals surface area (Å²) in [6.07, 6.45) is 0.535. The maximum absolute atomic E-state index is 13.6. The van der Waals surface area contributed by atoms with Crippen LogP contribution in [0.25, 0.3) is 0 Å². The first-order valence-electron chi connectivity index (χ1n) is 11.3. The van der Waals surface area contributed by atoms with Crippen molar-refractivity contribution >= 4 is 17.3 Å². The first-order chi connectivity index (χ1) is 15.6. The number of anilines is 1. The van der Waals surface area contributed by atoms with Gasteiger partial charge in [-0.1, -0.05) is 30.3 Å². The van der Waals surface area contributed by atoms with Gasteiger partial charge in [-0.15, -0.1) is 0 Å². The molecule has 5 rings (SSSR count). The molecule has 3 heterocycles. The molecule has 2 atom stereocenters. The van der Waals surface area contributed by atoms with E-state index in [9.17, 15) is 14.9 Å². The van der Waals surface area contributed by atoms with Gasteiger partial charge in [-0.2, -0.15) is 0 Å². The largest absolute Gasteiger partial charge is 0.378 e. The number of non-ortho nitro benzene ring substituents is 1. The molecule has 0 unspecified atom stereocenters. The summed E-state index contributed by atoms with van der Waals surface area (Å²) in [7, 11) is 0. The molecule has 32 heavy (non-hydrogen) atoms. The topological polar surface area (TPSA) is 79.2 Å². The predicted octanol–water partition coefficient (Wildman–Crippen LogP) is 2.32. The Bertz CT molecular complexity index is 993. The van der Waals surface area contributed by atoms with Crippen LogP contribution in [0.1, 0.15) is 11.1 Å². The van der Waals surface area contributed by atoms with E-state index in [2.05, 4.69) is 34.1 Å². The molecule has 0 aromatic heterocycles. The highest BCUT2D eigenvalue weighted by atomic mass is 16.6. The molecule has 3 aliphatic rings. The maximum Gasteiger partial charge on any atom is 0.269 e. The number of hydrogen-bond acceptors (Lipinski definition) is 6. The molecule has 0 spiro atoms. The third-order valence-corrected chi connectivity index (χ3v) is 6.88. The van der Waals surface area contributed by atoms with Crippen LogP contribution >= 0.6 is 0 Å². The molecule has 0 bridgehead atoms. The van der Waals surface area contributed by atoms with Crippen LogP contribution in [-0.4, -0.2) is 72.6 Å². The second-order valence-corrected chi connectivity index (χ2v) is 8.80. The number of hydrogen-bond donors (Lipinski definition) is 0. The predicted molar refractivity (Wildman–Crippen MR) is 121 cm³/mol. The van der Waals surface area contributed by atoms with Crippen LogP contribution in [0, 0.1) is 16.0 Å². The number of rotatable bonds is 4. The molecule has 0 radical (unpaired) electrons. The monoisotopic (exact) mass is 436 g/mol. The molecule has 0 N–H and O–H groups in total. The minimum atomic E-state index is -0.358. The lowest BCUT2D eigenvalue weighted by Crippen LogP contribution is -2.61. The number of benzene rings is 2. The summed E-state index contributed by atoms with van der Waals surface area (Å²) >= 11 is 0. The summed E-state index contributed by atoms with van der Waals surface area (Å²) in [5, 5.41) is 11.3. The number of fused-ring (bicyclic) bond motifs is 3. The average Bonchev–Trinajstić information content (AvgIpc) is 2.83. The van der Waals surface area contributed by atoms with E-state index in [4.69, 9.17) is 4.74 Å². The first kappa shape index (κ1) is 20.9. The van der Waals surface area contributed by atoms with E-state index < -0.39 is 0 Å². The molecule has 0 aliphatic carbocycles. The Labute approximate surface area is 187 Å². The molecule has 2 aromatic carbocycles. The molecular formula is C24H28N4O4. The van der Waals surface area contributed by atoms with E-state index in [0.717, 1.165) is 37.4 Å². The number of nitro groups is 1. The average molecular weight is 437 g/mol. The van der Waals surface area contributed by atoms with E-state index in [0.29, 0.717) is 32.7 Å². The van der Waals surface area contributed by atoms with E-state index in [1.165, 1.54) is 5.56 Å². The summed E-state index contributed by atoms with van der Waals surface area (Å²) in [5.74, 6) is -0.0804. The Kier molecular flexibility index (Phi) is 5.80. The van der Waals surface area contributed by atoms with E-state index in [-0.39, 0.29) is 28.5 Å². The Balaban J connectivity index is 1.44. The number of piperazine rings is 1.